The van der Waals surface area contributed by atoms with Gasteiger partial charge in [0.25, 0.3) is 15.9 Å². The highest BCUT2D eigenvalue weighted by Crippen LogP contribution is 2.23. The van der Waals surface area contributed by atoms with E-state index in [4.69, 9.17) is 4.52 Å². The van der Waals surface area contributed by atoms with Gasteiger partial charge in [-0.05, 0) is 56.9 Å². The van der Waals surface area contributed by atoms with Gasteiger partial charge in [0.2, 0.25) is 0 Å². The number of benzene rings is 1. The van der Waals surface area contributed by atoms with Crippen molar-refractivity contribution in [2.75, 3.05) is 17.8 Å². The summed E-state index contributed by atoms with van der Waals surface area (Å²) in [6.07, 6.45) is 2.03. The van der Waals surface area contributed by atoms with E-state index in [2.05, 4.69) is 16.8 Å². The number of aryl methyl sites for hydroxylation is 2. The van der Waals surface area contributed by atoms with E-state index in [0.29, 0.717) is 22.9 Å². The Morgan fingerprint density at radius 3 is 2.35 bits per heavy atom. The quantitative estimate of drug-likeness (QED) is 0.884. The zero-order chi connectivity index (χ0) is 18.9. The molecule has 3 rings (SSSR count). The lowest BCUT2D eigenvalue weighted by Crippen LogP contribution is -2.37. The molecule has 1 amide bonds. The Balaban J connectivity index is 1.73. The van der Waals surface area contributed by atoms with Gasteiger partial charge in [-0.3, -0.25) is 9.52 Å². The fraction of sp³-hybridized carbons (Fsp3) is 0.444. The molecular weight excluding hydrogens is 354 g/mol. The van der Waals surface area contributed by atoms with Crippen molar-refractivity contribution in [1.82, 2.24) is 10.1 Å². The minimum Gasteiger partial charge on any atom is -0.360 e. The van der Waals surface area contributed by atoms with Gasteiger partial charge < -0.3 is 9.42 Å². The van der Waals surface area contributed by atoms with Crippen molar-refractivity contribution >= 4 is 21.6 Å². The SMILES string of the molecule is Cc1noc(C)c1S(=O)(=O)Nc1ccc(C(=O)N2CCC(C)CC2)cc1. The number of hydrogen-bond acceptors (Lipinski definition) is 5. The summed E-state index contributed by atoms with van der Waals surface area (Å²) in [6, 6.07) is 6.47. The summed E-state index contributed by atoms with van der Waals surface area (Å²) in [5, 5.41) is 3.67. The first-order valence-electron chi connectivity index (χ1n) is 8.63. The van der Waals surface area contributed by atoms with Crippen LogP contribution < -0.4 is 4.72 Å². The van der Waals surface area contributed by atoms with E-state index in [-0.39, 0.29) is 16.6 Å². The topological polar surface area (TPSA) is 92.5 Å². The second-order valence-corrected chi connectivity index (χ2v) is 8.43. The predicted octanol–water partition coefficient (Wildman–Crippen LogP) is 2.96. The third kappa shape index (κ3) is 3.75. The van der Waals surface area contributed by atoms with Crippen molar-refractivity contribution < 1.29 is 17.7 Å². The van der Waals surface area contributed by atoms with Crippen LogP contribution in [0.2, 0.25) is 0 Å². The van der Waals surface area contributed by atoms with Crippen LogP contribution in [0.15, 0.2) is 33.7 Å². The number of amides is 1. The van der Waals surface area contributed by atoms with Crippen LogP contribution in [0.5, 0.6) is 0 Å². The van der Waals surface area contributed by atoms with Crippen LogP contribution in [0.25, 0.3) is 0 Å². The van der Waals surface area contributed by atoms with Gasteiger partial charge in [-0.15, -0.1) is 0 Å². The number of carbonyl (C=O) groups excluding carboxylic acids is 1. The zero-order valence-corrected chi connectivity index (χ0v) is 16.0. The molecule has 8 heteroatoms. The van der Waals surface area contributed by atoms with E-state index < -0.39 is 10.0 Å². The third-order valence-electron chi connectivity index (χ3n) is 4.69. The molecule has 0 spiro atoms. The van der Waals surface area contributed by atoms with Gasteiger partial charge in [0.05, 0.1) is 0 Å². The van der Waals surface area contributed by atoms with Gasteiger partial charge in [0, 0.05) is 24.3 Å². The van der Waals surface area contributed by atoms with Gasteiger partial charge in [-0.25, -0.2) is 8.42 Å². The van der Waals surface area contributed by atoms with Crippen molar-refractivity contribution in [2.45, 2.75) is 38.5 Å². The van der Waals surface area contributed by atoms with E-state index in [0.717, 1.165) is 25.9 Å². The zero-order valence-electron chi connectivity index (χ0n) is 15.2. The molecule has 140 valence electrons. The lowest BCUT2D eigenvalue weighted by molar-refractivity contribution is 0.0697. The van der Waals surface area contributed by atoms with Gasteiger partial charge >= 0.3 is 0 Å². The molecule has 1 saturated heterocycles. The predicted molar refractivity (Wildman–Crippen MR) is 97.5 cm³/mol. The van der Waals surface area contributed by atoms with E-state index in [1.165, 1.54) is 0 Å². The molecular formula is C18H23N3O4S. The van der Waals surface area contributed by atoms with E-state index in [9.17, 15) is 13.2 Å². The molecule has 0 atom stereocenters. The number of likely N-dealkylation sites (tertiary alicyclic amines) is 1. The van der Waals surface area contributed by atoms with Crippen LogP contribution in [-0.2, 0) is 10.0 Å². The minimum absolute atomic E-state index is 0.0166. The normalized spacial score (nSPS) is 15.9. The van der Waals surface area contributed by atoms with Gasteiger partial charge in [0.1, 0.15) is 5.69 Å². The second kappa shape index (κ2) is 7.11. The van der Waals surface area contributed by atoms with E-state index in [1.807, 2.05) is 4.90 Å². The summed E-state index contributed by atoms with van der Waals surface area (Å²) < 4.78 is 32.5. The molecule has 0 bridgehead atoms. The summed E-state index contributed by atoms with van der Waals surface area (Å²) in [5.74, 6) is 0.873. The fourth-order valence-corrected chi connectivity index (χ4v) is 4.53. The molecule has 1 aliphatic heterocycles. The molecule has 2 aromatic rings. The third-order valence-corrected chi connectivity index (χ3v) is 6.32. The first kappa shape index (κ1) is 18.4. The molecule has 7 nitrogen and oxygen atoms in total. The molecule has 1 aromatic carbocycles. The largest absolute Gasteiger partial charge is 0.360 e. The number of anilines is 1. The first-order valence-corrected chi connectivity index (χ1v) is 10.1. The Hall–Kier alpha value is -2.35. The molecule has 2 heterocycles. The monoisotopic (exact) mass is 377 g/mol. The van der Waals surface area contributed by atoms with Crippen LogP contribution in [0.4, 0.5) is 5.69 Å². The van der Waals surface area contributed by atoms with Crippen LogP contribution in [0, 0.1) is 19.8 Å². The lowest BCUT2D eigenvalue weighted by Gasteiger charge is -2.30. The highest BCUT2D eigenvalue weighted by molar-refractivity contribution is 7.92. The average Bonchev–Trinajstić information content (AvgIpc) is 2.95. The molecule has 1 aliphatic rings. The van der Waals surface area contributed by atoms with E-state index in [1.54, 1.807) is 38.1 Å². The summed E-state index contributed by atoms with van der Waals surface area (Å²) in [5.41, 5.74) is 1.25. The van der Waals surface area contributed by atoms with Crippen molar-refractivity contribution in [1.29, 1.82) is 0 Å². The average molecular weight is 377 g/mol. The number of nitrogens with zero attached hydrogens (tertiary/aromatic N) is 2. The van der Waals surface area contributed by atoms with Gasteiger partial charge in [-0.2, -0.15) is 0 Å². The Morgan fingerprint density at radius 2 is 1.81 bits per heavy atom. The number of aromatic nitrogens is 1. The Kier molecular flexibility index (Phi) is 5.04. The summed E-state index contributed by atoms with van der Waals surface area (Å²) in [6.45, 7) is 6.85. The van der Waals surface area contributed by atoms with Crippen molar-refractivity contribution in [2.24, 2.45) is 5.92 Å². The highest BCUT2D eigenvalue weighted by atomic mass is 32.2. The Morgan fingerprint density at radius 1 is 1.19 bits per heavy atom. The maximum atomic E-state index is 12.5. The van der Waals surface area contributed by atoms with Crippen molar-refractivity contribution in [3.05, 3.63) is 41.3 Å². The maximum Gasteiger partial charge on any atom is 0.267 e. The molecule has 0 unspecified atom stereocenters. The van der Waals surface area contributed by atoms with Crippen molar-refractivity contribution in [3.8, 4) is 0 Å². The number of carbonyl (C=O) groups is 1. The van der Waals surface area contributed by atoms with Gasteiger partial charge in [-0.1, -0.05) is 12.1 Å². The Labute approximate surface area is 153 Å². The molecule has 26 heavy (non-hydrogen) atoms. The number of sulfonamides is 1. The number of hydrogen-bond donors (Lipinski definition) is 1. The summed E-state index contributed by atoms with van der Waals surface area (Å²) >= 11 is 0. The van der Waals surface area contributed by atoms with E-state index >= 15 is 0 Å². The smallest absolute Gasteiger partial charge is 0.267 e. The van der Waals surface area contributed by atoms with Crippen LogP contribution >= 0.6 is 0 Å². The first-order chi connectivity index (χ1) is 12.3. The van der Waals surface area contributed by atoms with Gasteiger partial charge in [0.15, 0.2) is 10.7 Å². The number of nitrogens with one attached hydrogen (secondary N) is 1. The summed E-state index contributed by atoms with van der Waals surface area (Å²) in [7, 11) is -3.79. The number of piperidine rings is 1. The van der Waals surface area contributed by atoms with Crippen LogP contribution in [-0.4, -0.2) is 37.5 Å². The molecule has 0 saturated carbocycles. The maximum absolute atomic E-state index is 12.5. The molecule has 1 aromatic heterocycles. The summed E-state index contributed by atoms with van der Waals surface area (Å²) in [4.78, 5) is 14.4. The number of rotatable bonds is 4. The van der Waals surface area contributed by atoms with Crippen molar-refractivity contribution in [3.63, 3.8) is 0 Å². The fourth-order valence-electron chi connectivity index (χ4n) is 3.14. The Bertz CT molecular complexity index is 876. The second-order valence-electron chi connectivity index (χ2n) is 6.81. The molecule has 0 aliphatic carbocycles. The lowest BCUT2D eigenvalue weighted by atomic mass is 9.98. The highest BCUT2D eigenvalue weighted by Gasteiger charge is 2.25. The molecule has 1 fully saturated rings. The standard InChI is InChI=1S/C18H23N3O4S/c1-12-8-10-21(11-9-12)18(22)15-4-6-16(7-5-15)20-26(23,24)17-13(2)19-25-14(17)3/h4-7,12,20H,8-11H2,1-3H3. The van der Waals surface area contributed by atoms with Crippen LogP contribution in [0.3, 0.4) is 0 Å². The minimum atomic E-state index is -3.79. The molecule has 1 N–H and O–H groups in total. The molecule has 0 radical (unpaired) electrons. The van der Waals surface area contributed by atoms with Crippen LogP contribution in [0.1, 0.15) is 41.6 Å².